The minimum Gasteiger partial charge on any atom is -0.493 e. The summed E-state index contributed by atoms with van der Waals surface area (Å²) in [7, 11) is 2.74. The molecule has 1 aliphatic rings. The summed E-state index contributed by atoms with van der Waals surface area (Å²) in [6.45, 7) is 3.84. The van der Waals surface area contributed by atoms with Crippen molar-refractivity contribution >= 4 is 11.6 Å². The molecule has 0 radical (unpaired) electrons. The highest BCUT2D eigenvalue weighted by molar-refractivity contribution is 5.99. The predicted molar refractivity (Wildman–Crippen MR) is 81.9 cm³/mol. The first-order valence-corrected chi connectivity index (χ1v) is 6.91. The highest BCUT2D eigenvalue weighted by atomic mass is 16.6. The SMILES string of the molecule is C=C1C[C@@H](CO)N(C(=O)c2cc(OC)c(OC)cc2[N+](=O)[O-])C1. The Labute approximate surface area is 133 Å². The molecule has 0 bridgehead atoms. The van der Waals surface area contributed by atoms with Crippen molar-refractivity contribution < 1.29 is 24.3 Å². The number of amides is 1. The van der Waals surface area contributed by atoms with Crippen LogP contribution < -0.4 is 9.47 Å². The highest BCUT2D eigenvalue weighted by Gasteiger charge is 2.35. The van der Waals surface area contributed by atoms with E-state index >= 15 is 0 Å². The first kappa shape index (κ1) is 16.8. The molecule has 1 aromatic carbocycles. The Morgan fingerprint density at radius 3 is 2.57 bits per heavy atom. The maximum absolute atomic E-state index is 12.7. The van der Waals surface area contributed by atoms with Crippen molar-refractivity contribution in [1.82, 2.24) is 4.90 Å². The molecule has 0 spiro atoms. The maximum Gasteiger partial charge on any atom is 0.286 e. The van der Waals surface area contributed by atoms with Crippen molar-refractivity contribution in [3.63, 3.8) is 0 Å². The molecule has 0 aromatic heterocycles. The number of aliphatic hydroxyl groups excluding tert-OH is 1. The van der Waals surface area contributed by atoms with Crippen molar-refractivity contribution in [3.05, 3.63) is 40.0 Å². The zero-order chi connectivity index (χ0) is 17.1. The number of carbonyl (C=O) groups is 1. The molecule has 8 heteroatoms. The molecule has 1 heterocycles. The molecule has 1 atom stereocenters. The Kier molecular flexibility index (Phi) is 4.85. The summed E-state index contributed by atoms with van der Waals surface area (Å²) in [5, 5.41) is 20.7. The lowest BCUT2D eigenvalue weighted by Crippen LogP contribution is -2.38. The largest absolute Gasteiger partial charge is 0.493 e. The summed E-state index contributed by atoms with van der Waals surface area (Å²) in [4.78, 5) is 24.8. The third kappa shape index (κ3) is 3.11. The third-order valence-electron chi connectivity index (χ3n) is 3.76. The van der Waals surface area contributed by atoms with E-state index in [0.29, 0.717) is 6.42 Å². The van der Waals surface area contributed by atoms with Crippen LogP contribution in [0.4, 0.5) is 5.69 Å². The average Bonchev–Trinajstić information content (AvgIpc) is 2.93. The zero-order valence-corrected chi connectivity index (χ0v) is 12.9. The first-order chi connectivity index (χ1) is 10.9. The molecule has 0 unspecified atom stereocenters. The van der Waals surface area contributed by atoms with E-state index in [9.17, 15) is 20.0 Å². The Balaban J connectivity index is 2.50. The van der Waals surface area contributed by atoms with Gasteiger partial charge in [0, 0.05) is 12.6 Å². The second-order valence-corrected chi connectivity index (χ2v) is 5.21. The summed E-state index contributed by atoms with van der Waals surface area (Å²) in [5.41, 5.74) is 0.309. The van der Waals surface area contributed by atoms with E-state index in [4.69, 9.17) is 9.47 Å². The van der Waals surface area contributed by atoms with E-state index in [-0.39, 0.29) is 35.9 Å². The van der Waals surface area contributed by atoms with E-state index in [1.165, 1.54) is 25.2 Å². The van der Waals surface area contributed by atoms with Gasteiger partial charge in [0.2, 0.25) is 0 Å². The second-order valence-electron chi connectivity index (χ2n) is 5.21. The van der Waals surface area contributed by atoms with Gasteiger partial charge in [0.1, 0.15) is 5.56 Å². The molecule has 2 rings (SSSR count). The number of aliphatic hydroxyl groups is 1. The summed E-state index contributed by atoms with van der Waals surface area (Å²) in [6.07, 6.45) is 0.476. The number of carbonyl (C=O) groups excluding carboxylic acids is 1. The minimum atomic E-state index is -0.645. The van der Waals surface area contributed by atoms with Crippen molar-refractivity contribution in [2.75, 3.05) is 27.4 Å². The molecule has 1 saturated heterocycles. The Bertz CT molecular complexity index is 658. The van der Waals surface area contributed by atoms with Crippen LogP contribution in [0, 0.1) is 10.1 Å². The topological polar surface area (TPSA) is 102 Å². The monoisotopic (exact) mass is 322 g/mol. The molecule has 0 aliphatic carbocycles. The van der Waals surface area contributed by atoms with Crippen LogP contribution in [0.25, 0.3) is 0 Å². The lowest BCUT2D eigenvalue weighted by atomic mass is 10.1. The van der Waals surface area contributed by atoms with Crippen LogP contribution in [-0.4, -0.2) is 54.3 Å². The lowest BCUT2D eigenvalue weighted by Gasteiger charge is -2.23. The minimum absolute atomic E-state index is 0.110. The molecule has 1 N–H and O–H groups in total. The van der Waals surface area contributed by atoms with Gasteiger partial charge in [-0.05, 0) is 6.42 Å². The first-order valence-electron chi connectivity index (χ1n) is 6.91. The smallest absolute Gasteiger partial charge is 0.286 e. The quantitative estimate of drug-likeness (QED) is 0.499. The molecule has 23 heavy (non-hydrogen) atoms. The number of methoxy groups -OCH3 is 2. The molecule has 8 nitrogen and oxygen atoms in total. The van der Waals surface area contributed by atoms with Gasteiger partial charge >= 0.3 is 0 Å². The third-order valence-corrected chi connectivity index (χ3v) is 3.76. The number of nitrogens with zero attached hydrogens (tertiary/aromatic N) is 2. The standard InChI is InChI=1S/C15H18N2O6/c1-9-4-10(8-18)16(7-9)15(19)11-5-13(22-2)14(23-3)6-12(11)17(20)21/h5-6,10,18H,1,4,7-8H2,2-3H3/t10-/m0/s1. The van der Waals surface area contributed by atoms with Gasteiger partial charge in [-0.25, -0.2) is 0 Å². The number of likely N-dealkylation sites (tertiary alicyclic amines) is 1. The van der Waals surface area contributed by atoms with Crippen LogP contribution in [-0.2, 0) is 0 Å². The highest BCUT2D eigenvalue weighted by Crippen LogP contribution is 2.36. The Morgan fingerprint density at radius 1 is 1.43 bits per heavy atom. The normalized spacial score (nSPS) is 17.3. The van der Waals surface area contributed by atoms with Crippen LogP contribution in [0.15, 0.2) is 24.3 Å². The molecule has 1 fully saturated rings. The Morgan fingerprint density at radius 2 is 2.04 bits per heavy atom. The maximum atomic E-state index is 12.7. The van der Waals surface area contributed by atoms with Gasteiger partial charge in [-0.1, -0.05) is 12.2 Å². The zero-order valence-electron chi connectivity index (χ0n) is 12.9. The fourth-order valence-electron chi connectivity index (χ4n) is 2.62. The molecular formula is C15H18N2O6. The summed E-state index contributed by atoms with van der Waals surface area (Å²) in [6, 6.07) is 2.02. The predicted octanol–water partition coefficient (Wildman–Crippen LogP) is 1.37. The van der Waals surface area contributed by atoms with Crippen LogP contribution in [0.3, 0.4) is 0 Å². The molecule has 0 saturated carbocycles. The number of rotatable bonds is 5. The van der Waals surface area contributed by atoms with E-state index < -0.39 is 16.9 Å². The summed E-state index contributed by atoms with van der Waals surface area (Å²) in [5.74, 6) is -0.157. The number of ether oxygens (including phenoxy) is 2. The van der Waals surface area contributed by atoms with Gasteiger partial charge in [0.25, 0.3) is 11.6 Å². The fourth-order valence-corrected chi connectivity index (χ4v) is 2.62. The van der Waals surface area contributed by atoms with E-state index in [1.54, 1.807) is 0 Å². The van der Waals surface area contributed by atoms with Crippen LogP contribution in [0.1, 0.15) is 16.8 Å². The van der Waals surface area contributed by atoms with Gasteiger partial charge in [-0.15, -0.1) is 0 Å². The van der Waals surface area contributed by atoms with Gasteiger partial charge < -0.3 is 19.5 Å². The summed E-state index contributed by atoms with van der Waals surface area (Å²) >= 11 is 0. The Hall–Kier alpha value is -2.61. The van der Waals surface area contributed by atoms with Gasteiger partial charge in [0.15, 0.2) is 11.5 Å². The van der Waals surface area contributed by atoms with E-state index in [2.05, 4.69) is 6.58 Å². The average molecular weight is 322 g/mol. The van der Waals surface area contributed by atoms with Gasteiger partial charge in [0.05, 0.1) is 37.9 Å². The van der Waals surface area contributed by atoms with Crippen LogP contribution in [0.2, 0.25) is 0 Å². The number of nitro groups is 1. The molecule has 124 valence electrons. The number of hydrogen-bond acceptors (Lipinski definition) is 6. The van der Waals surface area contributed by atoms with Gasteiger partial charge in [-0.2, -0.15) is 0 Å². The summed E-state index contributed by atoms with van der Waals surface area (Å²) < 4.78 is 10.2. The molecular weight excluding hydrogens is 304 g/mol. The number of benzene rings is 1. The van der Waals surface area contributed by atoms with Crippen molar-refractivity contribution in [3.8, 4) is 11.5 Å². The van der Waals surface area contributed by atoms with Crippen LogP contribution in [0.5, 0.6) is 11.5 Å². The van der Waals surface area contributed by atoms with Crippen LogP contribution >= 0.6 is 0 Å². The number of nitro benzene ring substituents is 1. The molecule has 1 aromatic rings. The number of hydrogen-bond donors (Lipinski definition) is 1. The molecule has 1 aliphatic heterocycles. The van der Waals surface area contributed by atoms with E-state index in [1.807, 2.05) is 0 Å². The van der Waals surface area contributed by atoms with Crippen molar-refractivity contribution in [2.45, 2.75) is 12.5 Å². The fraction of sp³-hybridized carbons (Fsp3) is 0.400. The van der Waals surface area contributed by atoms with E-state index in [0.717, 1.165) is 11.6 Å². The van der Waals surface area contributed by atoms with Crippen molar-refractivity contribution in [1.29, 1.82) is 0 Å². The van der Waals surface area contributed by atoms with Crippen molar-refractivity contribution in [2.24, 2.45) is 0 Å². The molecule has 1 amide bonds. The second kappa shape index (κ2) is 6.66. The van der Waals surface area contributed by atoms with Gasteiger partial charge in [-0.3, -0.25) is 14.9 Å². The lowest BCUT2D eigenvalue weighted by molar-refractivity contribution is -0.385.